The fourth-order valence-electron chi connectivity index (χ4n) is 2.99. The normalized spacial score (nSPS) is 13.4. The molecule has 4 heteroatoms. The van der Waals surface area contributed by atoms with E-state index in [1.807, 2.05) is 37.3 Å². The van der Waals surface area contributed by atoms with Crippen molar-refractivity contribution in [1.29, 1.82) is 0 Å². The monoisotopic (exact) mass is 309 g/mol. The lowest BCUT2D eigenvalue weighted by atomic mass is 9.95. The number of amides is 1. The minimum absolute atomic E-state index is 0.0343. The van der Waals surface area contributed by atoms with E-state index in [0.717, 1.165) is 29.7 Å². The molecule has 0 fully saturated rings. The molecule has 1 aliphatic rings. The molecule has 0 aromatic heterocycles. The van der Waals surface area contributed by atoms with Crippen LogP contribution in [0.3, 0.4) is 0 Å². The van der Waals surface area contributed by atoms with Gasteiger partial charge in [-0.1, -0.05) is 23.8 Å². The van der Waals surface area contributed by atoms with E-state index in [0.29, 0.717) is 17.7 Å². The Bertz CT molecular complexity index is 750. The van der Waals surface area contributed by atoms with Gasteiger partial charge in [-0.25, -0.2) is 4.79 Å². The van der Waals surface area contributed by atoms with Crippen molar-refractivity contribution in [3.63, 3.8) is 0 Å². The average molecular weight is 309 g/mol. The van der Waals surface area contributed by atoms with Crippen LogP contribution in [-0.2, 0) is 11.2 Å². The van der Waals surface area contributed by atoms with Crippen LogP contribution < -0.4 is 4.90 Å². The second-order valence-corrected chi connectivity index (χ2v) is 5.72. The molecule has 0 bridgehead atoms. The van der Waals surface area contributed by atoms with E-state index in [2.05, 4.69) is 0 Å². The Labute approximate surface area is 135 Å². The second kappa shape index (κ2) is 6.24. The van der Waals surface area contributed by atoms with Gasteiger partial charge < -0.3 is 9.64 Å². The molecule has 23 heavy (non-hydrogen) atoms. The maximum absolute atomic E-state index is 12.8. The lowest BCUT2D eigenvalue weighted by molar-refractivity contribution is 0.0599. The van der Waals surface area contributed by atoms with Crippen molar-refractivity contribution < 1.29 is 14.3 Å². The number of hydrogen-bond donors (Lipinski definition) is 0. The Kier molecular flexibility index (Phi) is 4.15. The third kappa shape index (κ3) is 2.84. The van der Waals surface area contributed by atoms with Crippen molar-refractivity contribution in [3.05, 3.63) is 64.7 Å². The fourth-order valence-corrected chi connectivity index (χ4v) is 2.99. The summed E-state index contributed by atoms with van der Waals surface area (Å²) in [4.78, 5) is 26.5. The highest BCUT2D eigenvalue weighted by atomic mass is 16.5. The first-order chi connectivity index (χ1) is 11.1. The number of hydrogen-bond acceptors (Lipinski definition) is 3. The first kappa shape index (κ1) is 15.3. The molecule has 0 atom stereocenters. The molecule has 1 amide bonds. The average Bonchev–Trinajstić information content (AvgIpc) is 2.60. The minimum atomic E-state index is -0.355. The molecule has 118 valence electrons. The summed E-state index contributed by atoms with van der Waals surface area (Å²) in [5.74, 6) is -0.389. The highest BCUT2D eigenvalue weighted by Crippen LogP contribution is 2.31. The molecule has 0 unspecified atom stereocenters. The van der Waals surface area contributed by atoms with Gasteiger partial charge in [0, 0.05) is 17.8 Å². The van der Waals surface area contributed by atoms with Crippen molar-refractivity contribution in [1.82, 2.24) is 0 Å². The van der Waals surface area contributed by atoms with E-state index in [9.17, 15) is 9.59 Å². The number of fused-ring (bicyclic) bond motifs is 1. The number of anilines is 1. The molecule has 1 heterocycles. The molecule has 0 radical (unpaired) electrons. The molecular weight excluding hydrogens is 290 g/mol. The lowest BCUT2D eigenvalue weighted by Crippen LogP contribution is -2.36. The molecule has 0 spiro atoms. The minimum Gasteiger partial charge on any atom is -0.465 e. The molecule has 3 rings (SSSR count). The van der Waals surface area contributed by atoms with Gasteiger partial charge in [0.05, 0.1) is 12.7 Å². The Morgan fingerprint density at radius 2 is 1.83 bits per heavy atom. The first-order valence-corrected chi connectivity index (χ1v) is 7.70. The van der Waals surface area contributed by atoms with Gasteiger partial charge in [0.1, 0.15) is 0 Å². The highest BCUT2D eigenvalue weighted by Gasteiger charge is 2.26. The molecule has 1 aliphatic heterocycles. The predicted molar refractivity (Wildman–Crippen MR) is 89.0 cm³/mol. The number of rotatable bonds is 2. The number of carbonyl (C=O) groups is 2. The zero-order valence-electron chi connectivity index (χ0n) is 13.3. The summed E-state index contributed by atoms with van der Waals surface area (Å²) in [6, 6.07) is 13.0. The van der Waals surface area contributed by atoms with Crippen LogP contribution in [0.4, 0.5) is 5.69 Å². The van der Waals surface area contributed by atoms with Crippen molar-refractivity contribution in [2.75, 3.05) is 18.6 Å². The van der Waals surface area contributed by atoms with Crippen LogP contribution in [0.15, 0.2) is 42.5 Å². The Hall–Kier alpha value is -2.62. The van der Waals surface area contributed by atoms with Gasteiger partial charge in [-0.15, -0.1) is 0 Å². The number of aryl methyl sites for hydroxylation is 1. The zero-order chi connectivity index (χ0) is 16.4. The standard InChI is InChI=1S/C19H19NO3/c1-13-8-10-14(11-9-13)18(21)20-12-4-6-15-16(19(22)23-2)5-3-7-17(15)20/h3,5,7-11H,4,6,12H2,1-2H3. The van der Waals surface area contributed by atoms with Crippen molar-refractivity contribution in [2.45, 2.75) is 19.8 Å². The first-order valence-electron chi connectivity index (χ1n) is 7.70. The molecule has 0 saturated heterocycles. The molecule has 0 saturated carbocycles. The highest BCUT2D eigenvalue weighted by molar-refractivity contribution is 6.07. The lowest BCUT2D eigenvalue weighted by Gasteiger charge is -2.30. The summed E-state index contributed by atoms with van der Waals surface area (Å²) in [5.41, 5.74) is 4.03. The van der Waals surface area contributed by atoms with Crippen LogP contribution in [0.2, 0.25) is 0 Å². The van der Waals surface area contributed by atoms with Crippen molar-refractivity contribution >= 4 is 17.6 Å². The van der Waals surface area contributed by atoms with E-state index >= 15 is 0 Å². The van der Waals surface area contributed by atoms with Crippen LogP contribution in [0.5, 0.6) is 0 Å². The fraction of sp³-hybridized carbons (Fsp3) is 0.263. The second-order valence-electron chi connectivity index (χ2n) is 5.72. The topological polar surface area (TPSA) is 46.6 Å². The van der Waals surface area contributed by atoms with Crippen LogP contribution in [-0.4, -0.2) is 25.5 Å². The van der Waals surface area contributed by atoms with E-state index in [-0.39, 0.29) is 11.9 Å². The van der Waals surface area contributed by atoms with E-state index in [4.69, 9.17) is 4.74 Å². The quantitative estimate of drug-likeness (QED) is 0.799. The largest absolute Gasteiger partial charge is 0.465 e. The maximum atomic E-state index is 12.8. The van der Waals surface area contributed by atoms with E-state index < -0.39 is 0 Å². The number of ether oxygens (including phenoxy) is 1. The Morgan fingerprint density at radius 1 is 1.09 bits per heavy atom. The predicted octanol–water partition coefficient (Wildman–Crippen LogP) is 3.37. The van der Waals surface area contributed by atoms with Crippen molar-refractivity contribution in [3.8, 4) is 0 Å². The summed E-state index contributed by atoms with van der Waals surface area (Å²) in [7, 11) is 1.37. The van der Waals surface area contributed by atoms with Gasteiger partial charge in [0.15, 0.2) is 0 Å². The summed E-state index contributed by atoms with van der Waals surface area (Å²) in [6.07, 6.45) is 1.61. The van der Waals surface area contributed by atoms with Gasteiger partial charge in [-0.3, -0.25) is 4.79 Å². The summed E-state index contributed by atoms with van der Waals surface area (Å²) >= 11 is 0. The van der Waals surface area contributed by atoms with Gasteiger partial charge in [-0.05, 0) is 49.6 Å². The SMILES string of the molecule is COC(=O)c1cccc2c1CCCN2C(=O)c1ccc(C)cc1. The number of benzene rings is 2. The van der Waals surface area contributed by atoms with Gasteiger partial charge in [0.2, 0.25) is 0 Å². The van der Waals surface area contributed by atoms with Crippen LogP contribution >= 0.6 is 0 Å². The van der Waals surface area contributed by atoms with Gasteiger partial charge in [-0.2, -0.15) is 0 Å². The summed E-state index contributed by atoms with van der Waals surface area (Å²) in [5, 5.41) is 0. The third-order valence-electron chi connectivity index (χ3n) is 4.20. The summed E-state index contributed by atoms with van der Waals surface area (Å²) in [6.45, 7) is 2.65. The number of carbonyl (C=O) groups excluding carboxylic acids is 2. The van der Waals surface area contributed by atoms with Crippen LogP contribution in [0.25, 0.3) is 0 Å². The molecule has 0 aliphatic carbocycles. The molecular formula is C19H19NO3. The van der Waals surface area contributed by atoms with Crippen LogP contribution in [0, 0.1) is 6.92 Å². The van der Waals surface area contributed by atoms with Gasteiger partial charge in [0.25, 0.3) is 5.91 Å². The Morgan fingerprint density at radius 3 is 2.52 bits per heavy atom. The molecule has 0 N–H and O–H groups in total. The maximum Gasteiger partial charge on any atom is 0.338 e. The van der Waals surface area contributed by atoms with E-state index in [1.165, 1.54) is 7.11 Å². The molecule has 2 aromatic carbocycles. The zero-order valence-corrected chi connectivity index (χ0v) is 13.3. The number of methoxy groups -OCH3 is 1. The smallest absolute Gasteiger partial charge is 0.338 e. The number of nitrogens with zero attached hydrogens (tertiary/aromatic N) is 1. The third-order valence-corrected chi connectivity index (χ3v) is 4.20. The summed E-state index contributed by atoms with van der Waals surface area (Å²) < 4.78 is 4.85. The molecule has 4 nitrogen and oxygen atoms in total. The molecule has 2 aromatic rings. The van der Waals surface area contributed by atoms with Gasteiger partial charge >= 0.3 is 5.97 Å². The number of esters is 1. The van der Waals surface area contributed by atoms with Crippen molar-refractivity contribution in [2.24, 2.45) is 0 Å². The van der Waals surface area contributed by atoms with Crippen LogP contribution in [0.1, 0.15) is 38.3 Å². The van der Waals surface area contributed by atoms with E-state index in [1.54, 1.807) is 17.0 Å². The Balaban J connectivity index is 2.00.